The quantitative estimate of drug-likeness (QED) is 0.669. The number of benzene rings is 1. The van der Waals surface area contributed by atoms with Gasteiger partial charge in [0.25, 0.3) is 0 Å². The Bertz CT molecular complexity index is 615. The number of sulfonamides is 1. The fourth-order valence-electron chi connectivity index (χ4n) is 2.04. The Labute approximate surface area is 117 Å². The number of methoxy groups -OCH3 is 1. The number of carbonyl (C=O) groups excluding carboxylic acids is 1. The van der Waals surface area contributed by atoms with Gasteiger partial charge in [-0.05, 0) is 25.0 Å². The first kappa shape index (κ1) is 14.6. The smallest absolute Gasteiger partial charge is 0.244 e. The monoisotopic (exact) mass is 299 g/mol. The molecule has 0 radical (unpaired) electrons. The third kappa shape index (κ3) is 3.02. The van der Waals surface area contributed by atoms with E-state index in [1.54, 1.807) is 0 Å². The van der Waals surface area contributed by atoms with Gasteiger partial charge in [0.1, 0.15) is 16.7 Å². The molecule has 1 aliphatic heterocycles. The van der Waals surface area contributed by atoms with Crippen molar-refractivity contribution in [2.45, 2.75) is 23.8 Å². The SMILES string of the molecule is COc1cc(N)ccc1S(=O)(=O)NC1CCCNC1=O. The predicted octanol–water partition coefficient (Wildman–Crippen LogP) is -0.166. The maximum absolute atomic E-state index is 12.3. The zero-order chi connectivity index (χ0) is 14.8. The first-order valence-corrected chi connectivity index (χ1v) is 7.66. The van der Waals surface area contributed by atoms with Gasteiger partial charge in [0.05, 0.1) is 7.11 Å². The summed E-state index contributed by atoms with van der Waals surface area (Å²) in [5.41, 5.74) is 5.99. The van der Waals surface area contributed by atoms with Crippen LogP contribution in [0.15, 0.2) is 23.1 Å². The highest BCUT2D eigenvalue weighted by Crippen LogP contribution is 2.26. The van der Waals surface area contributed by atoms with Crippen LogP contribution in [0.1, 0.15) is 12.8 Å². The van der Waals surface area contributed by atoms with Crippen molar-refractivity contribution in [2.75, 3.05) is 19.4 Å². The van der Waals surface area contributed by atoms with E-state index in [2.05, 4.69) is 10.0 Å². The fraction of sp³-hybridized carbons (Fsp3) is 0.417. The van der Waals surface area contributed by atoms with Crippen molar-refractivity contribution >= 4 is 21.6 Å². The number of anilines is 1. The largest absolute Gasteiger partial charge is 0.495 e. The summed E-state index contributed by atoms with van der Waals surface area (Å²) in [5, 5.41) is 2.63. The molecular formula is C12H17N3O4S. The molecule has 1 fully saturated rings. The van der Waals surface area contributed by atoms with Gasteiger partial charge in [-0.1, -0.05) is 0 Å². The van der Waals surface area contributed by atoms with E-state index in [0.717, 1.165) is 6.42 Å². The van der Waals surface area contributed by atoms with E-state index in [1.165, 1.54) is 25.3 Å². The van der Waals surface area contributed by atoms with Gasteiger partial charge < -0.3 is 15.8 Å². The Morgan fingerprint density at radius 1 is 1.45 bits per heavy atom. The van der Waals surface area contributed by atoms with Crippen LogP contribution in [0.5, 0.6) is 5.75 Å². The predicted molar refractivity (Wildman–Crippen MR) is 73.8 cm³/mol. The van der Waals surface area contributed by atoms with Crippen LogP contribution in [0.25, 0.3) is 0 Å². The maximum Gasteiger partial charge on any atom is 0.244 e. The Morgan fingerprint density at radius 3 is 2.85 bits per heavy atom. The number of hydrogen-bond acceptors (Lipinski definition) is 5. The molecule has 20 heavy (non-hydrogen) atoms. The second-order valence-electron chi connectivity index (χ2n) is 4.52. The number of hydrogen-bond donors (Lipinski definition) is 3. The molecule has 8 heteroatoms. The maximum atomic E-state index is 12.3. The topological polar surface area (TPSA) is 111 Å². The van der Waals surface area contributed by atoms with Gasteiger partial charge in [-0.25, -0.2) is 8.42 Å². The summed E-state index contributed by atoms with van der Waals surface area (Å²) in [7, 11) is -2.48. The summed E-state index contributed by atoms with van der Waals surface area (Å²) in [5.74, 6) is -0.164. The highest BCUT2D eigenvalue weighted by atomic mass is 32.2. The second-order valence-corrected chi connectivity index (χ2v) is 6.20. The Morgan fingerprint density at radius 2 is 2.20 bits per heavy atom. The first-order chi connectivity index (χ1) is 9.44. The number of amides is 1. The van der Waals surface area contributed by atoms with Gasteiger partial charge in [0, 0.05) is 18.3 Å². The molecule has 0 spiro atoms. The Hall–Kier alpha value is -1.80. The van der Waals surface area contributed by atoms with Crippen LogP contribution in [-0.4, -0.2) is 34.0 Å². The van der Waals surface area contributed by atoms with Crippen LogP contribution < -0.4 is 20.5 Å². The van der Waals surface area contributed by atoms with E-state index in [9.17, 15) is 13.2 Å². The van der Waals surface area contributed by atoms with E-state index < -0.39 is 16.1 Å². The van der Waals surface area contributed by atoms with Crippen molar-refractivity contribution < 1.29 is 17.9 Å². The number of carbonyl (C=O) groups is 1. The average molecular weight is 299 g/mol. The van der Waals surface area contributed by atoms with Crippen LogP contribution in [0.4, 0.5) is 5.69 Å². The van der Waals surface area contributed by atoms with Gasteiger partial charge in [-0.2, -0.15) is 4.72 Å². The third-order valence-electron chi connectivity index (χ3n) is 3.06. The van der Waals surface area contributed by atoms with Crippen molar-refractivity contribution in [3.63, 3.8) is 0 Å². The summed E-state index contributed by atoms with van der Waals surface area (Å²) < 4.78 is 32.1. The normalized spacial score (nSPS) is 19.4. The minimum atomic E-state index is -3.84. The van der Waals surface area contributed by atoms with Gasteiger partial charge in [0.15, 0.2) is 0 Å². The van der Waals surface area contributed by atoms with Gasteiger partial charge >= 0.3 is 0 Å². The Balaban J connectivity index is 2.28. The molecule has 1 aromatic rings. The molecule has 1 unspecified atom stereocenters. The third-order valence-corrected chi connectivity index (χ3v) is 4.57. The van der Waals surface area contributed by atoms with E-state index in [4.69, 9.17) is 10.5 Å². The highest BCUT2D eigenvalue weighted by Gasteiger charge is 2.29. The summed E-state index contributed by atoms with van der Waals surface area (Å²) in [6.07, 6.45) is 1.21. The van der Waals surface area contributed by atoms with Gasteiger partial charge in [-0.3, -0.25) is 4.79 Å². The lowest BCUT2D eigenvalue weighted by Gasteiger charge is -2.23. The highest BCUT2D eigenvalue weighted by molar-refractivity contribution is 7.89. The number of nitrogens with one attached hydrogen (secondary N) is 2. The minimum Gasteiger partial charge on any atom is -0.495 e. The zero-order valence-corrected chi connectivity index (χ0v) is 11.9. The molecule has 0 aliphatic carbocycles. The summed E-state index contributed by atoms with van der Waals surface area (Å²) >= 11 is 0. The number of piperidine rings is 1. The van der Waals surface area contributed by atoms with Crippen molar-refractivity contribution in [3.05, 3.63) is 18.2 Å². The van der Waals surface area contributed by atoms with Crippen LogP contribution in [0, 0.1) is 0 Å². The van der Waals surface area contributed by atoms with Crippen LogP contribution in [0.3, 0.4) is 0 Å². The fourth-order valence-corrected chi connectivity index (χ4v) is 3.42. The molecule has 0 saturated carbocycles. The molecule has 4 N–H and O–H groups in total. The second kappa shape index (κ2) is 5.68. The van der Waals surface area contributed by atoms with E-state index in [0.29, 0.717) is 18.7 Å². The van der Waals surface area contributed by atoms with Crippen molar-refractivity contribution in [1.29, 1.82) is 0 Å². The lowest BCUT2D eigenvalue weighted by molar-refractivity contribution is -0.124. The molecule has 7 nitrogen and oxygen atoms in total. The molecule has 2 rings (SSSR count). The molecule has 110 valence electrons. The molecular weight excluding hydrogens is 282 g/mol. The molecule has 1 aromatic carbocycles. The molecule has 0 aromatic heterocycles. The average Bonchev–Trinajstić information content (AvgIpc) is 2.40. The molecule has 0 bridgehead atoms. The van der Waals surface area contributed by atoms with Crippen LogP contribution in [-0.2, 0) is 14.8 Å². The van der Waals surface area contributed by atoms with E-state index in [1.807, 2.05) is 0 Å². The van der Waals surface area contributed by atoms with Crippen LogP contribution in [0.2, 0.25) is 0 Å². The van der Waals surface area contributed by atoms with Gasteiger partial charge in [0.2, 0.25) is 15.9 Å². The molecule has 1 saturated heterocycles. The first-order valence-electron chi connectivity index (χ1n) is 6.17. The lowest BCUT2D eigenvalue weighted by Crippen LogP contribution is -2.50. The lowest BCUT2D eigenvalue weighted by atomic mass is 10.1. The number of rotatable bonds is 4. The van der Waals surface area contributed by atoms with Gasteiger partial charge in [-0.15, -0.1) is 0 Å². The molecule has 1 atom stereocenters. The summed E-state index contributed by atoms with van der Waals surface area (Å²) in [6, 6.07) is 3.50. The molecule has 1 aliphatic rings. The van der Waals surface area contributed by atoms with Crippen molar-refractivity contribution in [2.24, 2.45) is 0 Å². The van der Waals surface area contributed by atoms with E-state index >= 15 is 0 Å². The molecule has 1 amide bonds. The van der Waals surface area contributed by atoms with Crippen molar-refractivity contribution in [3.8, 4) is 5.75 Å². The number of ether oxygens (including phenoxy) is 1. The number of nitrogen functional groups attached to an aromatic ring is 1. The van der Waals surface area contributed by atoms with Crippen molar-refractivity contribution in [1.82, 2.24) is 10.0 Å². The minimum absolute atomic E-state index is 0.0347. The standard InChI is InChI=1S/C12H17N3O4S/c1-19-10-7-8(13)4-5-11(10)20(17,18)15-9-3-2-6-14-12(9)16/h4-5,7,9,15H,2-3,6,13H2,1H3,(H,14,16). The summed E-state index contributed by atoms with van der Waals surface area (Å²) in [6.45, 7) is 0.572. The van der Waals surface area contributed by atoms with Crippen LogP contribution >= 0.6 is 0 Å². The summed E-state index contributed by atoms with van der Waals surface area (Å²) in [4.78, 5) is 11.6. The Kier molecular flexibility index (Phi) is 4.15. The number of nitrogens with two attached hydrogens (primary N) is 1. The molecule has 1 heterocycles. The van der Waals surface area contributed by atoms with E-state index in [-0.39, 0.29) is 16.6 Å². The zero-order valence-electron chi connectivity index (χ0n) is 11.0.